The summed E-state index contributed by atoms with van der Waals surface area (Å²) in [5.41, 5.74) is -0.326. The van der Waals surface area contributed by atoms with E-state index in [1.54, 1.807) is 19.1 Å². The van der Waals surface area contributed by atoms with Crippen LogP contribution < -0.4 is 10.2 Å². The number of hydrogen-bond acceptors (Lipinski definition) is 4. The Morgan fingerprint density at radius 2 is 2.03 bits per heavy atom. The third-order valence-corrected chi connectivity index (χ3v) is 5.14. The molecule has 2 amide bonds. The van der Waals surface area contributed by atoms with E-state index in [-0.39, 0.29) is 35.3 Å². The zero-order valence-electron chi connectivity index (χ0n) is 16.0. The number of carbonyl (C=O) groups is 2. The van der Waals surface area contributed by atoms with E-state index in [4.69, 9.17) is 11.6 Å². The lowest BCUT2D eigenvalue weighted by molar-refractivity contribution is -0.137. The van der Waals surface area contributed by atoms with Gasteiger partial charge in [-0.2, -0.15) is 18.3 Å². The van der Waals surface area contributed by atoms with Crippen molar-refractivity contribution in [2.75, 3.05) is 16.8 Å². The highest BCUT2D eigenvalue weighted by atomic mass is 35.5. The van der Waals surface area contributed by atoms with Gasteiger partial charge in [-0.25, -0.2) is 0 Å². The number of pyridine rings is 1. The fourth-order valence-electron chi connectivity index (χ4n) is 3.36. The van der Waals surface area contributed by atoms with Crippen LogP contribution in [-0.4, -0.2) is 33.1 Å². The van der Waals surface area contributed by atoms with Gasteiger partial charge in [0.25, 0.3) is 11.8 Å². The fourth-order valence-corrected chi connectivity index (χ4v) is 3.64. The lowest BCUT2D eigenvalue weighted by atomic mass is 10.1. The number of anilines is 2. The molecule has 1 aliphatic rings. The highest BCUT2D eigenvalue weighted by Gasteiger charge is 2.36. The van der Waals surface area contributed by atoms with E-state index in [0.29, 0.717) is 0 Å². The maximum absolute atomic E-state index is 13.2. The highest BCUT2D eigenvalue weighted by Crippen LogP contribution is 2.38. The molecule has 31 heavy (non-hydrogen) atoms. The molecule has 11 heteroatoms. The highest BCUT2D eigenvalue weighted by molar-refractivity contribution is 6.31. The molecule has 7 nitrogen and oxygen atoms in total. The van der Waals surface area contributed by atoms with E-state index in [0.717, 1.165) is 12.1 Å². The molecule has 0 spiro atoms. The van der Waals surface area contributed by atoms with Crippen LogP contribution in [0.2, 0.25) is 5.02 Å². The zero-order chi connectivity index (χ0) is 22.3. The number of rotatable bonds is 3. The predicted molar refractivity (Wildman–Crippen MR) is 107 cm³/mol. The molecule has 1 aliphatic heterocycles. The molecule has 0 radical (unpaired) electrons. The molecule has 1 atom stereocenters. The second kappa shape index (κ2) is 7.69. The minimum Gasteiger partial charge on any atom is -0.317 e. The van der Waals surface area contributed by atoms with Gasteiger partial charge in [0.05, 0.1) is 28.5 Å². The number of benzene rings is 1. The molecule has 1 aromatic carbocycles. The van der Waals surface area contributed by atoms with Gasteiger partial charge in [0.1, 0.15) is 5.69 Å². The van der Waals surface area contributed by atoms with Crippen LogP contribution in [0.1, 0.15) is 39.5 Å². The van der Waals surface area contributed by atoms with Gasteiger partial charge in [0.2, 0.25) is 0 Å². The lowest BCUT2D eigenvalue weighted by Crippen LogP contribution is -2.43. The number of aromatic nitrogens is 3. The van der Waals surface area contributed by atoms with Crippen LogP contribution in [0.25, 0.3) is 0 Å². The maximum Gasteiger partial charge on any atom is 0.417 e. The van der Waals surface area contributed by atoms with Crippen molar-refractivity contribution in [1.82, 2.24) is 14.8 Å². The molecular weight excluding hydrogens is 435 g/mol. The Bertz CT molecular complexity index is 1160. The monoisotopic (exact) mass is 449 g/mol. The Hall–Kier alpha value is -3.40. The molecule has 3 heterocycles. The third-order valence-electron chi connectivity index (χ3n) is 4.82. The van der Waals surface area contributed by atoms with Gasteiger partial charge in [0.15, 0.2) is 5.69 Å². The van der Waals surface area contributed by atoms with E-state index >= 15 is 0 Å². The van der Waals surface area contributed by atoms with Gasteiger partial charge in [-0.3, -0.25) is 19.3 Å². The van der Waals surface area contributed by atoms with E-state index < -0.39 is 28.6 Å². The number of fused-ring (bicyclic) bond motifs is 1. The number of alkyl halides is 3. The van der Waals surface area contributed by atoms with Gasteiger partial charge < -0.3 is 10.2 Å². The van der Waals surface area contributed by atoms with Crippen molar-refractivity contribution < 1.29 is 22.8 Å². The first-order valence-corrected chi connectivity index (χ1v) is 9.53. The Morgan fingerprint density at radius 1 is 1.26 bits per heavy atom. The van der Waals surface area contributed by atoms with Crippen LogP contribution in [0.5, 0.6) is 0 Å². The van der Waals surface area contributed by atoms with E-state index in [2.05, 4.69) is 15.4 Å². The van der Waals surface area contributed by atoms with E-state index in [1.807, 2.05) is 0 Å². The molecule has 0 saturated carbocycles. The van der Waals surface area contributed by atoms with Crippen LogP contribution in [0, 0.1) is 0 Å². The van der Waals surface area contributed by atoms with Crippen molar-refractivity contribution in [3.05, 3.63) is 70.8 Å². The van der Waals surface area contributed by atoms with Gasteiger partial charge in [-0.15, -0.1) is 0 Å². The van der Waals surface area contributed by atoms with Gasteiger partial charge >= 0.3 is 6.18 Å². The number of nitrogens with one attached hydrogen (secondary N) is 1. The number of amides is 2. The Morgan fingerprint density at radius 3 is 2.68 bits per heavy atom. The molecule has 0 fully saturated rings. The van der Waals surface area contributed by atoms with Crippen LogP contribution in [0.15, 0.2) is 48.8 Å². The predicted octanol–water partition coefficient (Wildman–Crippen LogP) is 4.42. The number of nitrogens with zero attached hydrogens (tertiary/aromatic N) is 4. The molecule has 0 saturated heterocycles. The topological polar surface area (TPSA) is 80.1 Å². The van der Waals surface area contributed by atoms with Crippen molar-refractivity contribution in [3.63, 3.8) is 0 Å². The second-order valence-corrected chi connectivity index (χ2v) is 7.35. The summed E-state index contributed by atoms with van der Waals surface area (Å²) < 4.78 is 40.5. The van der Waals surface area contributed by atoms with Crippen molar-refractivity contribution in [1.29, 1.82) is 0 Å². The van der Waals surface area contributed by atoms with Crippen LogP contribution in [-0.2, 0) is 6.18 Å². The average Bonchev–Trinajstić information content (AvgIpc) is 3.15. The molecule has 3 aromatic rings. The normalized spacial score (nSPS) is 16.2. The standard InChI is InChI=1S/C20H15ClF3N5O2/c1-11-10-28(12-5-6-13(14(21)8-12)20(22,23)24)19(31)17-16(9-26-29(11)17)27-18(30)15-4-2-3-7-25-15/h2-9,11H,10H2,1H3,(H,27,30)/t11-/m0/s1. The fraction of sp³-hybridized carbons (Fsp3) is 0.200. The van der Waals surface area contributed by atoms with Crippen molar-refractivity contribution in [2.45, 2.75) is 19.1 Å². The summed E-state index contributed by atoms with van der Waals surface area (Å²) in [6, 6.07) is 7.67. The molecular formula is C20H15ClF3N5O2. The first kappa shape index (κ1) is 20.9. The average molecular weight is 450 g/mol. The molecule has 0 aliphatic carbocycles. The van der Waals surface area contributed by atoms with Crippen LogP contribution in [0.3, 0.4) is 0 Å². The zero-order valence-corrected chi connectivity index (χ0v) is 16.8. The SMILES string of the molecule is C[C@H]1CN(c2ccc(C(F)(F)F)c(Cl)c2)C(=O)c2c(NC(=O)c3ccccn3)cnn21. The minimum absolute atomic E-state index is 0.110. The summed E-state index contributed by atoms with van der Waals surface area (Å²) in [7, 11) is 0. The second-order valence-electron chi connectivity index (χ2n) is 6.95. The molecule has 0 unspecified atom stereocenters. The van der Waals surface area contributed by atoms with E-state index in [1.165, 1.54) is 34.1 Å². The summed E-state index contributed by atoms with van der Waals surface area (Å²) in [5.74, 6) is -1.05. The summed E-state index contributed by atoms with van der Waals surface area (Å²) in [6.45, 7) is 1.97. The molecule has 2 aromatic heterocycles. The summed E-state index contributed by atoms with van der Waals surface area (Å²) in [6.07, 6.45) is -1.78. The quantitative estimate of drug-likeness (QED) is 0.641. The van der Waals surface area contributed by atoms with Crippen molar-refractivity contribution >= 4 is 34.8 Å². The first-order valence-electron chi connectivity index (χ1n) is 9.15. The maximum atomic E-state index is 13.2. The summed E-state index contributed by atoms with van der Waals surface area (Å²) in [5, 5.41) is 6.30. The molecule has 160 valence electrons. The minimum atomic E-state index is -4.60. The van der Waals surface area contributed by atoms with Crippen molar-refractivity contribution in [2.24, 2.45) is 0 Å². The molecule has 1 N–H and O–H groups in total. The summed E-state index contributed by atoms with van der Waals surface area (Å²) >= 11 is 5.82. The Labute approximate surface area is 179 Å². The van der Waals surface area contributed by atoms with Crippen LogP contribution >= 0.6 is 11.6 Å². The number of halogens is 4. The Kier molecular flexibility index (Phi) is 5.18. The number of hydrogen-bond donors (Lipinski definition) is 1. The largest absolute Gasteiger partial charge is 0.417 e. The lowest BCUT2D eigenvalue weighted by Gasteiger charge is -2.32. The van der Waals surface area contributed by atoms with Gasteiger partial charge in [-0.1, -0.05) is 17.7 Å². The summed E-state index contributed by atoms with van der Waals surface area (Å²) in [4.78, 5) is 30.9. The molecule has 0 bridgehead atoms. The smallest absolute Gasteiger partial charge is 0.317 e. The van der Waals surface area contributed by atoms with Crippen molar-refractivity contribution in [3.8, 4) is 0 Å². The number of carbonyl (C=O) groups excluding carboxylic acids is 2. The third kappa shape index (κ3) is 3.86. The van der Waals surface area contributed by atoms with Gasteiger partial charge in [0, 0.05) is 18.4 Å². The van der Waals surface area contributed by atoms with E-state index in [9.17, 15) is 22.8 Å². The van der Waals surface area contributed by atoms with Crippen LogP contribution in [0.4, 0.5) is 24.5 Å². The Balaban J connectivity index is 1.66. The molecule has 4 rings (SSSR count). The van der Waals surface area contributed by atoms with Gasteiger partial charge in [-0.05, 0) is 37.3 Å². The first-order chi connectivity index (χ1) is 14.7.